The van der Waals surface area contributed by atoms with Crippen molar-refractivity contribution in [3.05, 3.63) is 35.4 Å². The molecule has 0 saturated carbocycles. The van der Waals surface area contributed by atoms with Crippen molar-refractivity contribution in [2.24, 2.45) is 0 Å². The van der Waals surface area contributed by atoms with E-state index in [1.807, 2.05) is 6.92 Å². The van der Waals surface area contributed by atoms with Crippen molar-refractivity contribution < 1.29 is 14.3 Å². The molecule has 0 amide bonds. The van der Waals surface area contributed by atoms with E-state index in [4.69, 9.17) is 9.47 Å². The second-order valence-corrected chi connectivity index (χ2v) is 4.69. The van der Waals surface area contributed by atoms with Crippen LogP contribution in [0, 0.1) is 0 Å². The molecule has 4 heteroatoms. The van der Waals surface area contributed by atoms with Crippen molar-refractivity contribution in [2.45, 2.75) is 39.3 Å². The molecule has 0 atom stereocenters. The quantitative estimate of drug-likeness (QED) is 0.528. The summed E-state index contributed by atoms with van der Waals surface area (Å²) in [6.45, 7) is 4.72. The largest absolute Gasteiger partial charge is 0.466 e. The minimum atomic E-state index is -0.0961. The number of unbranched alkanes of at least 4 members (excludes halogenated alkanes) is 1. The van der Waals surface area contributed by atoms with Crippen LogP contribution in [0.3, 0.4) is 0 Å². The molecule has 1 N–H and O–H groups in total. The summed E-state index contributed by atoms with van der Waals surface area (Å²) in [5, 5.41) is 3.38. The van der Waals surface area contributed by atoms with E-state index in [-0.39, 0.29) is 5.97 Å². The monoisotopic (exact) mass is 279 g/mol. The molecule has 0 radical (unpaired) electrons. The number of hydrogen-bond acceptors (Lipinski definition) is 4. The lowest BCUT2D eigenvalue weighted by Gasteiger charge is -2.06. The van der Waals surface area contributed by atoms with E-state index in [9.17, 15) is 4.79 Å². The van der Waals surface area contributed by atoms with Crippen LogP contribution in [0.5, 0.6) is 0 Å². The zero-order valence-corrected chi connectivity index (χ0v) is 12.5. The number of esters is 1. The lowest BCUT2D eigenvalue weighted by Crippen LogP contribution is -2.15. The van der Waals surface area contributed by atoms with E-state index in [1.165, 1.54) is 11.1 Å². The predicted molar refractivity (Wildman–Crippen MR) is 79.3 cm³/mol. The number of ether oxygens (including phenoxy) is 2. The van der Waals surface area contributed by atoms with Gasteiger partial charge in [-0.15, -0.1) is 0 Å². The topological polar surface area (TPSA) is 47.6 Å². The van der Waals surface area contributed by atoms with Gasteiger partial charge in [0, 0.05) is 20.1 Å². The van der Waals surface area contributed by atoms with Gasteiger partial charge in [0.2, 0.25) is 0 Å². The van der Waals surface area contributed by atoms with E-state index in [0.29, 0.717) is 19.6 Å². The molecule has 0 aliphatic heterocycles. The van der Waals surface area contributed by atoms with E-state index >= 15 is 0 Å². The van der Waals surface area contributed by atoms with E-state index in [0.717, 1.165) is 25.9 Å². The van der Waals surface area contributed by atoms with Gasteiger partial charge in [0.25, 0.3) is 0 Å². The van der Waals surface area contributed by atoms with E-state index in [1.54, 1.807) is 7.11 Å². The van der Waals surface area contributed by atoms with Gasteiger partial charge >= 0.3 is 5.97 Å². The minimum absolute atomic E-state index is 0.0961. The number of benzene rings is 1. The Morgan fingerprint density at radius 2 is 1.85 bits per heavy atom. The minimum Gasteiger partial charge on any atom is -0.466 e. The first-order valence-corrected chi connectivity index (χ1v) is 7.19. The number of methoxy groups -OCH3 is 1. The van der Waals surface area contributed by atoms with Gasteiger partial charge in [0.15, 0.2) is 0 Å². The van der Waals surface area contributed by atoms with Gasteiger partial charge in [-0.1, -0.05) is 24.3 Å². The highest BCUT2D eigenvalue weighted by Gasteiger charge is 2.00. The normalized spacial score (nSPS) is 10.5. The SMILES string of the molecule is CCOC(=O)CCCCNCc1ccc(COC)cc1. The molecular weight excluding hydrogens is 254 g/mol. The summed E-state index contributed by atoms with van der Waals surface area (Å²) in [6.07, 6.45) is 2.38. The zero-order chi connectivity index (χ0) is 14.6. The second-order valence-electron chi connectivity index (χ2n) is 4.69. The molecule has 1 rings (SSSR count). The van der Waals surface area contributed by atoms with E-state index < -0.39 is 0 Å². The lowest BCUT2D eigenvalue weighted by atomic mass is 10.1. The molecule has 1 aromatic carbocycles. The number of hydrogen-bond donors (Lipinski definition) is 1. The second kappa shape index (κ2) is 10.4. The van der Waals surface area contributed by atoms with Gasteiger partial charge in [-0.2, -0.15) is 0 Å². The van der Waals surface area contributed by atoms with Gasteiger partial charge < -0.3 is 14.8 Å². The Hall–Kier alpha value is -1.39. The average Bonchev–Trinajstić information content (AvgIpc) is 2.45. The number of rotatable bonds is 10. The van der Waals surface area contributed by atoms with Crippen LogP contribution in [-0.4, -0.2) is 26.2 Å². The summed E-state index contributed by atoms with van der Waals surface area (Å²) in [7, 11) is 1.70. The highest BCUT2D eigenvalue weighted by atomic mass is 16.5. The van der Waals surface area contributed by atoms with Crippen molar-refractivity contribution in [3.63, 3.8) is 0 Å². The summed E-state index contributed by atoms with van der Waals surface area (Å²) < 4.78 is 9.96. The third-order valence-electron chi connectivity index (χ3n) is 2.95. The molecule has 0 unspecified atom stereocenters. The molecule has 0 fully saturated rings. The van der Waals surface area contributed by atoms with Gasteiger partial charge in [-0.05, 0) is 37.4 Å². The maximum Gasteiger partial charge on any atom is 0.305 e. The van der Waals surface area contributed by atoms with Crippen LogP contribution in [0.25, 0.3) is 0 Å². The maximum absolute atomic E-state index is 11.1. The summed E-state index contributed by atoms with van der Waals surface area (Å²) in [5.74, 6) is -0.0961. The Bertz CT molecular complexity index is 376. The van der Waals surface area contributed by atoms with Crippen LogP contribution >= 0.6 is 0 Å². The Kier molecular flexibility index (Phi) is 8.67. The standard InChI is InChI=1S/C16H25NO3/c1-3-20-16(18)6-4-5-11-17-12-14-7-9-15(10-8-14)13-19-2/h7-10,17H,3-6,11-13H2,1-2H3. The number of nitrogens with one attached hydrogen (secondary N) is 1. The van der Waals surface area contributed by atoms with Crippen LogP contribution in [0.2, 0.25) is 0 Å². The fraction of sp³-hybridized carbons (Fsp3) is 0.562. The number of carbonyl (C=O) groups excluding carboxylic acids is 1. The van der Waals surface area contributed by atoms with Gasteiger partial charge in [0.05, 0.1) is 13.2 Å². The number of carbonyl (C=O) groups is 1. The first kappa shape index (κ1) is 16.7. The molecule has 20 heavy (non-hydrogen) atoms. The highest BCUT2D eigenvalue weighted by molar-refractivity contribution is 5.69. The Morgan fingerprint density at radius 1 is 1.15 bits per heavy atom. The van der Waals surface area contributed by atoms with Gasteiger partial charge in [0.1, 0.15) is 0 Å². The Labute approximate surface area is 121 Å². The van der Waals surface area contributed by atoms with Crippen LogP contribution in [0.1, 0.15) is 37.3 Å². The summed E-state index contributed by atoms with van der Waals surface area (Å²) in [5.41, 5.74) is 2.45. The molecular formula is C16H25NO3. The van der Waals surface area contributed by atoms with Crippen molar-refractivity contribution in [1.29, 1.82) is 0 Å². The third kappa shape index (κ3) is 7.26. The Morgan fingerprint density at radius 3 is 2.50 bits per heavy atom. The third-order valence-corrected chi connectivity index (χ3v) is 2.95. The van der Waals surface area contributed by atoms with Crippen molar-refractivity contribution in [3.8, 4) is 0 Å². The summed E-state index contributed by atoms with van der Waals surface area (Å²) in [4.78, 5) is 11.1. The molecule has 112 valence electrons. The fourth-order valence-corrected chi connectivity index (χ4v) is 1.91. The summed E-state index contributed by atoms with van der Waals surface area (Å²) in [6, 6.07) is 8.39. The van der Waals surface area contributed by atoms with Crippen molar-refractivity contribution in [1.82, 2.24) is 5.32 Å². The lowest BCUT2D eigenvalue weighted by molar-refractivity contribution is -0.143. The maximum atomic E-state index is 11.1. The molecule has 0 aliphatic rings. The van der Waals surface area contributed by atoms with Crippen LogP contribution < -0.4 is 5.32 Å². The van der Waals surface area contributed by atoms with Crippen molar-refractivity contribution >= 4 is 5.97 Å². The average molecular weight is 279 g/mol. The molecule has 4 nitrogen and oxygen atoms in total. The van der Waals surface area contributed by atoms with Gasteiger partial charge in [-0.25, -0.2) is 0 Å². The smallest absolute Gasteiger partial charge is 0.305 e. The van der Waals surface area contributed by atoms with Crippen LogP contribution in [0.15, 0.2) is 24.3 Å². The molecule has 1 aromatic rings. The highest BCUT2D eigenvalue weighted by Crippen LogP contribution is 2.05. The van der Waals surface area contributed by atoms with Crippen molar-refractivity contribution in [2.75, 3.05) is 20.3 Å². The Balaban J connectivity index is 2.07. The molecule has 0 saturated heterocycles. The first-order chi connectivity index (χ1) is 9.76. The summed E-state index contributed by atoms with van der Waals surface area (Å²) >= 11 is 0. The molecule has 0 heterocycles. The molecule has 0 spiro atoms. The fourth-order valence-electron chi connectivity index (χ4n) is 1.91. The molecule has 0 bridgehead atoms. The zero-order valence-electron chi connectivity index (χ0n) is 12.5. The first-order valence-electron chi connectivity index (χ1n) is 7.19. The van der Waals surface area contributed by atoms with Gasteiger partial charge in [-0.3, -0.25) is 4.79 Å². The van der Waals surface area contributed by atoms with E-state index in [2.05, 4.69) is 29.6 Å². The molecule has 0 aromatic heterocycles. The van der Waals surface area contributed by atoms with Crippen LogP contribution in [0.4, 0.5) is 0 Å². The van der Waals surface area contributed by atoms with Crippen LogP contribution in [-0.2, 0) is 27.4 Å². The molecule has 0 aliphatic carbocycles. The predicted octanol–water partition coefficient (Wildman–Crippen LogP) is 2.66.